The first kappa shape index (κ1) is 26.1. The number of hydrogen-bond donors (Lipinski definition) is 2. The molecule has 3 aromatic carbocycles. The van der Waals surface area contributed by atoms with Gasteiger partial charge in [-0.2, -0.15) is 5.10 Å². The number of hydrazone groups is 1. The number of halogens is 2. The minimum absolute atomic E-state index is 0.306. The lowest BCUT2D eigenvalue weighted by molar-refractivity contribution is -0.136. The molecule has 0 radical (unpaired) electrons. The highest BCUT2D eigenvalue weighted by molar-refractivity contribution is 6.42. The summed E-state index contributed by atoms with van der Waals surface area (Å²) in [4.78, 5) is 24.2. The van der Waals surface area contributed by atoms with Gasteiger partial charge in [0.15, 0.2) is 0 Å². The Morgan fingerprint density at radius 1 is 0.914 bits per heavy atom. The smallest absolute Gasteiger partial charge is 0.329 e. The molecule has 3 rings (SSSR count). The van der Waals surface area contributed by atoms with Crippen LogP contribution in [-0.2, 0) is 16.2 Å². The van der Waals surface area contributed by atoms with Crippen molar-refractivity contribution in [1.29, 1.82) is 0 Å². The van der Waals surface area contributed by atoms with Crippen LogP contribution in [0.1, 0.15) is 30.9 Å². The number of hydrogen-bond acceptors (Lipinski definition) is 5. The monoisotopic (exact) mass is 513 g/mol. The molecule has 0 fully saturated rings. The van der Waals surface area contributed by atoms with Crippen LogP contribution >= 0.6 is 23.2 Å². The van der Waals surface area contributed by atoms with Crippen LogP contribution in [0.4, 0.5) is 5.69 Å². The van der Waals surface area contributed by atoms with Crippen molar-refractivity contribution in [3.05, 3.63) is 87.9 Å². The van der Waals surface area contributed by atoms with Crippen LogP contribution in [-0.4, -0.2) is 24.6 Å². The van der Waals surface area contributed by atoms with Gasteiger partial charge in [-0.1, -0.05) is 54.7 Å². The molecule has 0 spiro atoms. The van der Waals surface area contributed by atoms with Crippen molar-refractivity contribution in [3.63, 3.8) is 0 Å². The number of nitrogens with zero attached hydrogens (tertiary/aromatic N) is 1. The number of anilines is 1. The van der Waals surface area contributed by atoms with Crippen molar-refractivity contribution in [2.75, 3.05) is 11.9 Å². The molecular formula is C26H25Cl2N3O4. The summed E-state index contributed by atoms with van der Waals surface area (Å²) >= 11 is 12.0. The van der Waals surface area contributed by atoms with Gasteiger partial charge in [-0.15, -0.1) is 0 Å². The Labute approximate surface area is 214 Å². The van der Waals surface area contributed by atoms with E-state index in [-0.39, 0.29) is 0 Å². The van der Waals surface area contributed by atoms with Crippen molar-refractivity contribution >= 4 is 46.9 Å². The summed E-state index contributed by atoms with van der Waals surface area (Å²) in [5.74, 6) is -0.419. The van der Waals surface area contributed by atoms with Gasteiger partial charge in [0.2, 0.25) is 0 Å². The van der Waals surface area contributed by atoms with Crippen molar-refractivity contribution in [2.45, 2.75) is 26.4 Å². The highest BCUT2D eigenvalue weighted by Crippen LogP contribution is 2.23. The summed E-state index contributed by atoms with van der Waals surface area (Å²) in [6.45, 7) is 3.03. The fourth-order valence-corrected chi connectivity index (χ4v) is 3.17. The number of ether oxygens (including phenoxy) is 2. The molecule has 0 aliphatic rings. The third-order valence-corrected chi connectivity index (χ3v) is 5.45. The lowest BCUT2D eigenvalue weighted by Gasteiger charge is -2.08. The highest BCUT2D eigenvalue weighted by Gasteiger charge is 2.13. The van der Waals surface area contributed by atoms with Crippen LogP contribution < -0.4 is 20.2 Å². The normalized spacial score (nSPS) is 10.7. The SMILES string of the molecule is CCCCOc1ccc(NC(=O)C(=O)N/N=C\c2cccc(OCc3ccc(Cl)c(Cl)c3)c2)cc1. The summed E-state index contributed by atoms with van der Waals surface area (Å²) in [5.41, 5.74) is 4.23. The molecule has 3 aromatic rings. The molecule has 0 saturated heterocycles. The molecule has 0 unspecified atom stereocenters. The number of carbonyl (C=O) groups is 2. The first-order chi connectivity index (χ1) is 16.9. The Balaban J connectivity index is 1.47. The summed E-state index contributed by atoms with van der Waals surface area (Å²) in [6, 6.07) is 19.2. The fourth-order valence-electron chi connectivity index (χ4n) is 2.85. The van der Waals surface area contributed by atoms with E-state index in [9.17, 15) is 9.59 Å². The Kier molecular flexibility index (Phi) is 9.95. The topological polar surface area (TPSA) is 89.0 Å². The Bertz CT molecular complexity index is 1180. The lowest BCUT2D eigenvalue weighted by Crippen LogP contribution is -2.32. The van der Waals surface area contributed by atoms with Crippen LogP contribution in [0.25, 0.3) is 0 Å². The van der Waals surface area contributed by atoms with E-state index in [2.05, 4.69) is 22.8 Å². The highest BCUT2D eigenvalue weighted by atomic mass is 35.5. The average molecular weight is 514 g/mol. The first-order valence-corrected chi connectivity index (χ1v) is 11.7. The Morgan fingerprint density at radius 3 is 2.46 bits per heavy atom. The molecule has 0 bridgehead atoms. The van der Waals surface area contributed by atoms with Gasteiger partial charge in [0.05, 0.1) is 22.9 Å². The summed E-state index contributed by atoms with van der Waals surface area (Å²) in [5, 5.41) is 7.30. The molecule has 182 valence electrons. The van der Waals surface area contributed by atoms with Crippen LogP contribution in [0, 0.1) is 0 Å². The molecule has 0 aromatic heterocycles. The van der Waals surface area contributed by atoms with Crippen LogP contribution in [0.2, 0.25) is 10.0 Å². The van der Waals surface area contributed by atoms with E-state index >= 15 is 0 Å². The van der Waals surface area contributed by atoms with Crippen molar-refractivity contribution in [2.24, 2.45) is 5.10 Å². The molecule has 9 heteroatoms. The summed E-state index contributed by atoms with van der Waals surface area (Å²) < 4.78 is 11.3. The fraction of sp³-hybridized carbons (Fsp3) is 0.192. The Hall–Kier alpha value is -3.55. The molecule has 7 nitrogen and oxygen atoms in total. The minimum Gasteiger partial charge on any atom is -0.494 e. The third-order valence-electron chi connectivity index (χ3n) is 4.71. The number of benzene rings is 3. The molecule has 0 aliphatic carbocycles. The standard InChI is InChI=1S/C26H25Cl2N3O4/c1-2-3-13-34-21-10-8-20(9-11-21)30-25(32)26(33)31-29-16-18-5-4-6-22(14-18)35-17-19-7-12-23(27)24(28)15-19/h4-12,14-16H,2-3,13,17H2,1H3,(H,30,32)(H,31,33)/b29-16-. The first-order valence-electron chi connectivity index (χ1n) is 11.0. The predicted octanol–water partition coefficient (Wildman–Crippen LogP) is 5.84. The minimum atomic E-state index is -0.892. The van der Waals surface area contributed by atoms with Crippen LogP contribution in [0.5, 0.6) is 11.5 Å². The van der Waals surface area contributed by atoms with Crippen molar-refractivity contribution in [3.8, 4) is 11.5 Å². The van der Waals surface area contributed by atoms with Gasteiger partial charge in [0, 0.05) is 5.69 Å². The predicted molar refractivity (Wildman–Crippen MR) is 138 cm³/mol. The molecule has 0 atom stereocenters. The maximum absolute atomic E-state index is 12.1. The Morgan fingerprint density at radius 2 is 1.71 bits per heavy atom. The molecule has 2 N–H and O–H groups in total. The number of nitrogens with one attached hydrogen (secondary N) is 2. The quantitative estimate of drug-likeness (QED) is 0.154. The van der Waals surface area contributed by atoms with Crippen LogP contribution in [0.3, 0.4) is 0 Å². The van der Waals surface area contributed by atoms with E-state index in [0.29, 0.717) is 46.0 Å². The van der Waals surface area contributed by atoms with Crippen molar-refractivity contribution in [1.82, 2.24) is 5.43 Å². The second-order valence-electron chi connectivity index (χ2n) is 7.49. The summed E-state index contributed by atoms with van der Waals surface area (Å²) in [7, 11) is 0. The van der Waals surface area contributed by atoms with Gasteiger partial charge in [0.1, 0.15) is 18.1 Å². The van der Waals surface area contributed by atoms with E-state index in [1.54, 1.807) is 60.7 Å². The van der Waals surface area contributed by atoms with Gasteiger partial charge in [0.25, 0.3) is 0 Å². The molecule has 35 heavy (non-hydrogen) atoms. The molecular weight excluding hydrogens is 489 g/mol. The average Bonchev–Trinajstić information content (AvgIpc) is 2.86. The number of rotatable bonds is 10. The maximum atomic E-state index is 12.1. The van der Waals surface area contributed by atoms with Crippen molar-refractivity contribution < 1.29 is 19.1 Å². The van der Waals surface area contributed by atoms with E-state index in [0.717, 1.165) is 18.4 Å². The van der Waals surface area contributed by atoms with E-state index in [1.807, 2.05) is 6.07 Å². The zero-order chi connectivity index (χ0) is 25.0. The van der Waals surface area contributed by atoms with Gasteiger partial charge in [-0.25, -0.2) is 5.43 Å². The van der Waals surface area contributed by atoms with E-state index in [1.165, 1.54) is 6.21 Å². The second kappa shape index (κ2) is 13.4. The molecule has 0 heterocycles. The largest absolute Gasteiger partial charge is 0.494 e. The van der Waals surface area contributed by atoms with Crippen LogP contribution in [0.15, 0.2) is 71.8 Å². The zero-order valence-corrected chi connectivity index (χ0v) is 20.6. The number of unbranched alkanes of at least 4 members (excludes halogenated alkanes) is 1. The van der Waals surface area contributed by atoms with Gasteiger partial charge >= 0.3 is 11.8 Å². The number of amides is 2. The van der Waals surface area contributed by atoms with Gasteiger partial charge in [-0.3, -0.25) is 9.59 Å². The maximum Gasteiger partial charge on any atom is 0.329 e. The number of carbonyl (C=O) groups excluding carboxylic acids is 2. The summed E-state index contributed by atoms with van der Waals surface area (Å²) in [6.07, 6.45) is 3.43. The van der Waals surface area contributed by atoms with E-state index < -0.39 is 11.8 Å². The van der Waals surface area contributed by atoms with E-state index in [4.69, 9.17) is 32.7 Å². The second-order valence-corrected chi connectivity index (χ2v) is 8.30. The third kappa shape index (κ3) is 8.63. The van der Waals surface area contributed by atoms with Gasteiger partial charge < -0.3 is 14.8 Å². The zero-order valence-electron chi connectivity index (χ0n) is 19.1. The van der Waals surface area contributed by atoms with Gasteiger partial charge in [-0.05, 0) is 66.1 Å². The molecule has 0 saturated carbocycles. The molecule has 0 aliphatic heterocycles. The molecule has 2 amide bonds. The lowest BCUT2D eigenvalue weighted by atomic mass is 10.2.